The molecule has 0 aromatic heterocycles. The molecule has 1 aromatic carbocycles. The summed E-state index contributed by atoms with van der Waals surface area (Å²) in [5.74, 6) is -1.57. The van der Waals surface area contributed by atoms with Gasteiger partial charge in [-0.1, -0.05) is 18.2 Å². The van der Waals surface area contributed by atoms with Crippen LogP contribution >= 0.6 is 0 Å². The summed E-state index contributed by atoms with van der Waals surface area (Å²) >= 11 is 0. The normalized spacial score (nSPS) is 8.67. The summed E-state index contributed by atoms with van der Waals surface area (Å²) in [6, 6.07) is 9.84. The highest BCUT2D eigenvalue weighted by atomic mass is 16.4. The summed E-state index contributed by atoms with van der Waals surface area (Å²) in [4.78, 5) is 21.2. The van der Waals surface area contributed by atoms with Gasteiger partial charge in [-0.05, 0) is 12.1 Å². The van der Waals surface area contributed by atoms with E-state index < -0.39 is 18.2 Å². The zero-order valence-corrected chi connectivity index (χ0v) is 6.20. The first-order chi connectivity index (χ1) is 5.70. The zero-order chi connectivity index (χ0) is 8.97. The molecule has 60 valence electrons. The van der Waals surface area contributed by atoms with Crippen molar-refractivity contribution >= 4 is 11.8 Å². The number of ketones is 1. The van der Waals surface area contributed by atoms with Gasteiger partial charge < -0.3 is 5.11 Å². The highest BCUT2D eigenvalue weighted by Gasteiger charge is 2.09. The first kappa shape index (κ1) is 8.28. The molecule has 12 heavy (non-hydrogen) atoms. The molecule has 0 fully saturated rings. The summed E-state index contributed by atoms with van der Waals surface area (Å²) < 4.78 is 0. The van der Waals surface area contributed by atoms with Gasteiger partial charge in [-0.2, -0.15) is 0 Å². The molecule has 1 aromatic rings. The van der Waals surface area contributed by atoms with E-state index in [0.29, 0.717) is 0 Å². The number of hydrogen-bond acceptors (Lipinski definition) is 2. The molecule has 0 atom stereocenters. The van der Waals surface area contributed by atoms with Crippen LogP contribution in [0.25, 0.3) is 0 Å². The molecule has 1 N–H and O–H groups in total. The molecular formula is C9H6O3. The average Bonchev–Trinajstić information content (AvgIpc) is 2.05. The number of aliphatic carboxylic acids is 1. The number of carbonyl (C=O) groups excluding carboxylic acids is 1. The Morgan fingerprint density at radius 1 is 1.50 bits per heavy atom. The molecule has 0 aliphatic carbocycles. The van der Waals surface area contributed by atoms with Crippen molar-refractivity contribution in [2.45, 2.75) is 6.42 Å². The van der Waals surface area contributed by atoms with Crippen LogP contribution in [-0.4, -0.2) is 16.9 Å². The number of carboxylic acids is 1. The third kappa shape index (κ3) is 2.10. The van der Waals surface area contributed by atoms with Crippen LogP contribution in [0.5, 0.6) is 0 Å². The van der Waals surface area contributed by atoms with Crippen molar-refractivity contribution in [3.05, 3.63) is 35.9 Å². The Hall–Kier alpha value is -1.82. The molecule has 0 aliphatic rings. The molecule has 3 nitrogen and oxygen atoms in total. The number of Topliss-reactive ketones (excluding diaryl/α,β-unsaturated/α-hetero) is 1. The van der Waals surface area contributed by atoms with Gasteiger partial charge in [0.15, 0.2) is 5.78 Å². The number of hydrogen-bond donors (Lipinski definition) is 1. The lowest BCUT2D eigenvalue weighted by atomic mass is 10.1. The first-order valence-electron chi connectivity index (χ1n) is 3.33. The monoisotopic (exact) mass is 162 g/mol. The van der Waals surface area contributed by atoms with Gasteiger partial charge in [0, 0.05) is 0 Å². The quantitative estimate of drug-likeness (QED) is 0.531. The Kier molecular flexibility index (Phi) is 2.44. The Balaban J connectivity index is 2.73. The highest BCUT2D eigenvalue weighted by molar-refractivity contribution is 6.04. The predicted octanol–water partition coefficient (Wildman–Crippen LogP) is 0.944. The van der Waals surface area contributed by atoms with Gasteiger partial charge in [0.1, 0.15) is 6.42 Å². The van der Waals surface area contributed by atoms with Crippen molar-refractivity contribution in [3.63, 3.8) is 0 Å². The molecule has 0 amide bonds. The second-order valence-electron chi connectivity index (χ2n) is 2.20. The molecule has 0 saturated carbocycles. The van der Waals surface area contributed by atoms with Crippen LogP contribution < -0.4 is 0 Å². The third-order valence-electron chi connectivity index (χ3n) is 1.26. The molecule has 0 unspecified atom stereocenters. The van der Waals surface area contributed by atoms with Crippen molar-refractivity contribution in [3.8, 4) is 0 Å². The van der Waals surface area contributed by atoms with Gasteiger partial charge in [0.2, 0.25) is 0 Å². The first-order valence-corrected chi connectivity index (χ1v) is 3.33. The fourth-order valence-electron chi connectivity index (χ4n) is 0.749. The third-order valence-corrected chi connectivity index (χ3v) is 1.26. The van der Waals surface area contributed by atoms with E-state index in [4.69, 9.17) is 5.11 Å². The largest absolute Gasteiger partial charge is 0.481 e. The predicted molar refractivity (Wildman–Crippen MR) is 40.7 cm³/mol. The van der Waals surface area contributed by atoms with Crippen molar-refractivity contribution in [2.75, 3.05) is 0 Å². The van der Waals surface area contributed by atoms with Crippen molar-refractivity contribution in [1.82, 2.24) is 0 Å². The smallest absolute Gasteiger partial charge is 0.311 e. The van der Waals surface area contributed by atoms with Crippen LogP contribution in [0.1, 0.15) is 16.8 Å². The van der Waals surface area contributed by atoms with Crippen molar-refractivity contribution < 1.29 is 14.7 Å². The minimum Gasteiger partial charge on any atom is -0.481 e. The van der Waals surface area contributed by atoms with E-state index in [9.17, 15) is 9.59 Å². The lowest BCUT2D eigenvalue weighted by Crippen LogP contribution is -2.06. The summed E-state index contributed by atoms with van der Waals surface area (Å²) in [6.45, 7) is 0. The molecular weight excluding hydrogens is 156 g/mol. The molecule has 1 rings (SSSR count). The van der Waals surface area contributed by atoms with Gasteiger partial charge in [-0.15, -0.1) is 0 Å². The Bertz CT molecular complexity index is 290. The lowest BCUT2D eigenvalue weighted by Gasteiger charge is -1.91. The molecule has 0 saturated heterocycles. The average molecular weight is 162 g/mol. The van der Waals surface area contributed by atoms with Crippen LogP contribution in [0.4, 0.5) is 0 Å². The molecule has 0 aliphatic heterocycles. The maximum atomic E-state index is 11.0. The molecule has 0 spiro atoms. The standard InChI is InChI=1S/C9H6O3/c10-8(6-9(11)12)7-4-2-1-3-5-7/h1-2,4H,6H2,(H,11,12). The SMILES string of the molecule is O=C(O)CC(=O)c1c#cccc1. The van der Waals surface area contributed by atoms with Crippen LogP contribution in [0.2, 0.25) is 0 Å². The van der Waals surface area contributed by atoms with E-state index in [1.54, 1.807) is 12.1 Å². The van der Waals surface area contributed by atoms with Crippen LogP contribution in [0.15, 0.2) is 18.2 Å². The van der Waals surface area contributed by atoms with Crippen molar-refractivity contribution in [1.29, 1.82) is 0 Å². The van der Waals surface area contributed by atoms with E-state index >= 15 is 0 Å². The molecule has 0 radical (unpaired) electrons. The maximum Gasteiger partial charge on any atom is 0.311 e. The van der Waals surface area contributed by atoms with Gasteiger partial charge in [-0.3, -0.25) is 9.59 Å². The lowest BCUT2D eigenvalue weighted by molar-refractivity contribution is -0.135. The van der Waals surface area contributed by atoms with Crippen molar-refractivity contribution in [2.24, 2.45) is 0 Å². The molecule has 0 heterocycles. The Labute approximate surface area is 69.6 Å². The van der Waals surface area contributed by atoms with E-state index in [-0.39, 0.29) is 5.56 Å². The highest BCUT2D eigenvalue weighted by Crippen LogP contribution is 1.98. The second kappa shape index (κ2) is 3.54. The number of rotatable bonds is 3. The van der Waals surface area contributed by atoms with Crippen LogP contribution in [0, 0.1) is 12.1 Å². The summed E-state index contributed by atoms with van der Waals surface area (Å²) in [5.41, 5.74) is 0.264. The summed E-state index contributed by atoms with van der Waals surface area (Å²) in [7, 11) is 0. The minimum atomic E-state index is -1.13. The maximum absolute atomic E-state index is 11.0. The van der Waals surface area contributed by atoms with Gasteiger partial charge in [0.25, 0.3) is 0 Å². The Morgan fingerprint density at radius 3 is 2.75 bits per heavy atom. The van der Waals surface area contributed by atoms with E-state index in [1.165, 1.54) is 6.07 Å². The Morgan fingerprint density at radius 2 is 2.25 bits per heavy atom. The van der Waals surface area contributed by atoms with Crippen LogP contribution in [-0.2, 0) is 4.79 Å². The van der Waals surface area contributed by atoms with Gasteiger partial charge in [-0.25, -0.2) is 0 Å². The second-order valence-corrected chi connectivity index (χ2v) is 2.20. The van der Waals surface area contributed by atoms with Gasteiger partial charge >= 0.3 is 5.97 Å². The molecule has 0 bridgehead atoms. The van der Waals surface area contributed by atoms with Crippen LogP contribution in [0.3, 0.4) is 0 Å². The number of carboxylic acid groups (broad SMARTS) is 1. The topological polar surface area (TPSA) is 54.4 Å². The fourth-order valence-corrected chi connectivity index (χ4v) is 0.749. The van der Waals surface area contributed by atoms with Gasteiger partial charge in [0.05, 0.1) is 5.56 Å². The van der Waals surface area contributed by atoms with E-state index in [2.05, 4.69) is 12.1 Å². The van der Waals surface area contributed by atoms with E-state index in [1.807, 2.05) is 0 Å². The number of carbonyl (C=O) groups is 2. The van der Waals surface area contributed by atoms with E-state index in [0.717, 1.165) is 0 Å². The fraction of sp³-hybridized carbons (Fsp3) is 0.111. The molecule has 3 heteroatoms. The zero-order valence-electron chi connectivity index (χ0n) is 6.20. The summed E-state index contributed by atoms with van der Waals surface area (Å²) in [6.07, 6.45) is -0.492. The summed E-state index contributed by atoms with van der Waals surface area (Å²) in [5, 5.41) is 8.30. The minimum absolute atomic E-state index is 0.264.